The van der Waals surface area contributed by atoms with Gasteiger partial charge in [0.15, 0.2) is 0 Å². The Morgan fingerprint density at radius 2 is 1.33 bits per heavy atom. The molecule has 0 fully saturated rings. The maximum absolute atomic E-state index is 8.25. The Kier molecular flexibility index (Phi) is 4.55. The van der Waals surface area contributed by atoms with Gasteiger partial charge in [0.05, 0.1) is 21.1 Å². The zero-order chi connectivity index (χ0) is 9.61. The van der Waals surface area contributed by atoms with E-state index in [-0.39, 0.29) is 0 Å². The van der Waals surface area contributed by atoms with Gasteiger partial charge in [-0.1, -0.05) is 18.2 Å². The van der Waals surface area contributed by atoms with Gasteiger partial charge in [0.1, 0.15) is 5.69 Å². The average molecular weight is 167 g/mol. The number of quaternary nitrogens is 1. The van der Waals surface area contributed by atoms with Gasteiger partial charge < -0.3 is 5.11 Å². The van der Waals surface area contributed by atoms with Crippen LogP contribution in [0, 0.1) is 0 Å². The summed E-state index contributed by atoms with van der Waals surface area (Å²) in [6.45, 7) is 0. The lowest BCUT2D eigenvalue weighted by Crippen LogP contribution is -2.34. The largest absolute Gasteiger partial charge is 0.857 e. The van der Waals surface area contributed by atoms with Crippen molar-refractivity contribution in [2.45, 2.75) is 0 Å². The van der Waals surface area contributed by atoms with Crippen molar-refractivity contribution in [2.75, 3.05) is 28.3 Å². The minimum absolute atomic E-state index is 0.750. The molecule has 0 radical (unpaired) electrons. The van der Waals surface area contributed by atoms with E-state index in [1.807, 2.05) is 6.07 Å². The lowest BCUT2D eigenvalue weighted by Gasteiger charge is -2.22. The summed E-state index contributed by atoms with van der Waals surface area (Å²) in [7, 11) is 7.24. The zero-order valence-corrected chi connectivity index (χ0v) is 8.24. The van der Waals surface area contributed by atoms with Gasteiger partial charge in [-0.3, -0.25) is 4.48 Å². The summed E-state index contributed by atoms with van der Waals surface area (Å²) >= 11 is 0. The second-order valence-corrected chi connectivity index (χ2v) is 3.35. The first-order valence-corrected chi connectivity index (χ1v) is 3.88. The van der Waals surface area contributed by atoms with E-state index in [4.69, 9.17) is 5.11 Å². The molecule has 68 valence electrons. The van der Waals surface area contributed by atoms with Gasteiger partial charge in [-0.25, -0.2) is 0 Å². The van der Waals surface area contributed by atoms with E-state index in [0.29, 0.717) is 0 Å². The number of rotatable bonds is 1. The third-order valence-corrected chi connectivity index (χ3v) is 1.53. The highest BCUT2D eigenvalue weighted by Gasteiger charge is 2.08. The Bertz CT molecular complexity index is 201. The molecule has 0 aromatic heterocycles. The van der Waals surface area contributed by atoms with Crippen LogP contribution >= 0.6 is 0 Å². The second kappa shape index (κ2) is 4.91. The predicted octanol–water partition coefficient (Wildman–Crippen LogP) is 0.860. The molecule has 0 N–H and O–H groups in total. The first-order chi connectivity index (χ1) is 5.61. The van der Waals surface area contributed by atoms with Gasteiger partial charge in [0, 0.05) is 0 Å². The fourth-order valence-corrected chi connectivity index (χ4v) is 0.875. The van der Waals surface area contributed by atoms with Crippen LogP contribution in [0.25, 0.3) is 0 Å². The Labute approximate surface area is 74.7 Å². The van der Waals surface area contributed by atoms with Crippen molar-refractivity contribution >= 4 is 5.69 Å². The first-order valence-electron chi connectivity index (χ1n) is 3.88. The van der Waals surface area contributed by atoms with Crippen molar-refractivity contribution in [1.82, 2.24) is 4.48 Å². The van der Waals surface area contributed by atoms with E-state index >= 15 is 0 Å². The van der Waals surface area contributed by atoms with Crippen molar-refractivity contribution in [1.29, 1.82) is 0 Å². The van der Waals surface area contributed by atoms with E-state index in [2.05, 4.69) is 45.4 Å². The van der Waals surface area contributed by atoms with E-state index < -0.39 is 0 Å². The minimum atomic E-state index is 0.750. The summed E-state index contributed by atoms with van der Waals surface area (Å²) in [5.74, 6) is 0. The third-order valence-electron chi connectivity index (χ3n) is 1.53. The van der Waals surface area contributed by atoms with Crippen LogP contribution in [0.4, 0.5) is 5.69 Å². The molecular weight excluding hydrogens is 150 g/mol. The maximum atomic E-state index is 8.25. The van der Waals surface area contributed by atoms with Crippen molar-refractivity contribution in [3.8, 4) is 0 Å². The minimum Gasteiger partial charge on any atom is -0.857 e. The Morgan fingerprint density at radius 1 is 0.917 bits per heavy atom. The molecule has 0 atom stereocenters. The molecule has 0 aliphatic rings. The van der Waals surface area contributed by atoms with Crippen molar-refractivity contribution in [3.05, 3.63) is 30.3 Å². The Hall–Kier alpha value is -0.860. The number of hydrogen-bond donors (Lipinski definition) is 0. The van der Waals surface area contributed by atoms with Crippen LogP contribution in [0.15, 0.2) is 30.3 Å². The Morgan fingerprint density at radius 3 is 1.58 bits per heavy atom. The Balaban J connectivity index is 0.000000561. The molecule has 0 unspecified atom stereocenters. The van der Waals surface area contributed by atoms with Crippen LogP contribution in [0.2, 0.25) is 0 Å². The van der Waals surface area contributed by atoms with Gasteiger partial charge in [0.2, 0.25) is 0 Å². The van der Waals surface area contributed by atoms with Crippen molar-refractivity contribution in [3.63, 3.8) is 0 Å². The highest BCUT2D eigenvalue weighted by atomic mass is 16.2. The van der Waals surface area contributed by atoms with Crippen LogP contribution < -0.4 is 9.59 Å². The topological polar surface area (TPSA) is 23.1 Å². The average Bonchev–Trinajstić information content (AvgIpc) is 2.08. The fraction of sp³-hybridized carbons (Fsp3) is 0.400. The quantitative estimate of drug-likeness (QED) is 0.569. The number of hydrogen-bond acceptors (Lipinski definition) is 1. The fourth-order valence-electron chi connectivity index (χ4n) is 0.875. The molecule has 0 spiro atoms. The maximum Gasteiger partial charge on any atom is 0.132 e. The molecule has 1 rings (SSSR count). The molecule has 1 aromatic carbocycles. The summed E-state index contributed by atoms with van der Waals surface area (Å²) in [5.41, 5.74) is 1.34. The van der Waals surface area contributed by atoms with Gasteiger partial charge >= 0.3 is 0 Å². The van der Waals surface area contributed by atoms with E-state index in [1.165, 1.54) is 5.69 Å². The lowest BCUT2D eigenvalue weighted by molar-refractivity contribution is -0.325. The van der Waals surface area contributed by atoms with E-state index in [1.54, 1.807) is 0 Å². The molecular formula is C10H17NO. The highest BCUT2D eigenvalue weighted by molar-refractivity contribution is 5.40. The first kappa shape index (κ1) is 11.1. The summed E-state index contributed by atoms with van der Waals surface area (Å²) in [6, 6.07) is 10.5. The number of para-hydroxylation sites is 1. The zero-order valence-electron chi connectivity index (χ0n) is 8.24. The number of benzene rings is 1. The van der Waals surface area contributed by atoms with E-state index in [0.717, 1.165) is 11.6 Å². The summed E-state index contributed by atoms with van der Waals surface area (Å²) in [5, 5.41) is 8.25. The molecule has 0 heterocycles. The van der Waals surface area contributed by atoms with Crippen LogP contribution in [-0.4, -0.2) is 28.3 Å². The molecule has 2 nitrogen and oxygen atoms in total. The van der Waals surface area contributed by atoms with Gasteiger partial charge in [0.25, 0.3) is 0 Å². The summed E-state index contributed by atoms with van der Waals surface area (Å²) in [6.07, 6.45) is 0. The van der Waals surface area contributed by atoms with Crippen LogP contribution in [-0.2, 0) is 0 Å². The standard InChI is InChI=1S/C9H14N.CH3O/c1-10(2,3)9-7-5-4-6-8-9;1-2/h4-8H,1-3H3;1H3/q+1;-1. The summed E-state index contributed by atoms with van der Waals surface area (Å²) in [4.78, 5) is 0. The highest BCUT2D eigenvalue weighted by Crippen LogP contribution is 2.14. The normalized spacial score (nSPS) is 10.1. The number of nitrogens with zero attached hydrogens (tertiary/aromatic N) is 1. The van der Waals surface area contributed by atoms with Crippen LogP contribution in [0.3, 0.4) is 0 Å². The van der Waals surface area contributed by atoms with Crippen molar-refractivity contribution < 1.29 is 5.11 Å². The molecule has 2 heteroatoms. The second-order valence-electron chi connectivity index (χ2n) is 3.35. The van der Waals surface area contributed by atoms with Gasteiger partial charge in [-0.15, -0.1) is 0 Å². The smallest absolute Gasteiger partial charge is 0.132 e. The van der Waals surface area contributed by atoms with Crippen molar-refractivity contribution in [2.24, 2.45) is 0 Å². The molecule has 12 heavy (non-hydrogen) atoms. The molecule has 0 aliphatic heterocycles. The predicted molar refractivity (Wildman–Crippen MR) is 51.9 cm³/mol. The lowest BCUT2D eigenvalue weighted by atomic mass is 10.3. The molecule has 0 saturated carbocycles. The van der Waals surface area contributed by atoms with Crippen LogP contribution in [0.5, 0.6) is 0 Å². The molecule has 0 aliphatic carbocycles. The summed E-state index contributed by atoms with van der Waals surface area (Å²) < 4.78 is 0.890. The van der Waals surface area contributed by atoms with Gasteiger partial charge in [-0.05, 0) is 12.1 Å². The van der Waals surface area contributed by atoms with Gasteiger partial charge in [-0.2, -0.15) is 7.11 Å². The molecule has 0 saturated heterocycles. The van der Waals surface area contributed by atoms with Crippen LogP contribution in [0.1, 0.15) is 0 Å². The van der Waals surface area contributed by atoms with E-state index in [9.17, 15) is 0 Å². The third kappa shape index (κ3) is 3.51. The molecule has 0 amide bonds. The molecule has 0 bridgehead atoms. The monoisotopic (exact) mass is 167 g/mol. The molecule has 1 aromatic rings. The SMILES string of the molecule is C[N+](C)(C)c1ccccc1.C[O-].